The number of fused-ring (bicyclic) bond motifs is 2. The van der Waals surface area contributed by atoms with Crippen molar-refractivity contribution in [3.05, 3.63) is 29.3 Å². The normalized spacial score (nSPS) is 23.7. The van der Waals surface area contributed by atoms with Crippen LogP contribution in [0.4, 0.5) is 22.4 Å². The molecule has 1 saturated heterocycles. The van der Waals surface area contributed by atoms with Gasteiger partial charge < -0.3 is 24.8 Å². The number of likely N-dealkylation sites (tertiary alicyclic amines) is 1. The molecule has 9 nitrogen and oxygen atoms in total. The van der Waals surface area contributed by atoms with Crippen molar-refractivity contribution in [1.29, 1.82) is 0 Å². The number of carbonyl (C=O) groups is 4. The zero-order chi connectivity index (χ0) is 27.6. The lowest BCUT2D eigenvalue weighted by Gasteiger charge is -2.33. The monoisotopic (exact) mass is 544 g/mol. The van der Waals surface area contributed by atoms with Crippen LogP contribution in [0, 0.1) is 41.0 Å². The van der Waals surface area contributed by atoms with Crippen molar-refractivity contribution in [2.75, 3.05) is 19.7 Å². The minimum Gasteiger partial charge on any atom is -0.481 e. The van der Waals surface area contributed by atoms with Crippen LogP contribution in [0.1, 0.15) is 44.9 Å². The number of Topliss-reactive ketones (excluding diaryl/α,β-unsaturated/α-hetero) is 1. The summed E-state index contributed by atoms with van der Waals surface area (Å²) in [5.41, 5.74) is 0. The first-order chi connectivity index (χ1) is 18.0. The Morgan fingerprint density at radius 3 is 2.21 bits per heavy atom. The van der Waals surface area contributed by atoms with Crippen molar-refractivity contribution >= 4 is 23.8 Å². The molecule has 3 aliphatic rings. The number of nitrogens with one attached hydrogen (secondary N) is 1. The standard InChI is InChI=1S/C25H28F4N2O7/c26-15-9-16(27)22(29)23(21(15)28)37-11-18(32)17(10-20(33)34)30-24(35)13-3-5-31(6-4-13)25(36)38-19-8-12-1-2-14(19)7-12/h9,12-14,17,19H,1-8,10-11H2,(H,30,35)(H,33,34)/t12-,14+,17-,19+/m0/s1. The van der Waals surface area contributed by atoms with Gasteiger partial charge in [0.25, 0.3) is 0 Å². The number of carboxylic acids is 1. The molecule has 0 unspecified atom stereocenters. The molecule has 2 saturated carbocycles. The summed E-state index contributed by atoms with van der Waals surface area (Å²) in [6.45, 7) is -0.674. The number of halogens is 4. The summed E-state index contributed by atoms with van der Waals surface area (Å²) >= 11 is 0. The molecule has 1 aromatic rings. The second-order valence-electron chi connectivity index (χ2n) is 10.1. The molecule has 3 fully saturated rings. The number of nitrogens with zero attached hydrogens (tertiary/aromatic N) is 1. The summed E-state index contributed by atoms with van der Waals surface area (Å²) in [6.07, 6.45) is 3.36. The maximum Gasteiger partial charge on any atom is 0.410 e. The summed E-state index contributed by atoms with van der Waals surface area (Å²) in [5.74, 6) is -11.4. The van der Waals surface area contributed by atoms with Crippen molar-refractivity contribution in [2.24, 2.45) is 17.8 Å². The smallest absolute Gasteiger partial charge is 0.410 e. The summed E-state index contributed by atoms with van der Waals surface area (Å²) in [7, 11) is 0. The third-order valence-electron chi connectivity index (χ3n) is 7.56. The molecule has 13 heteroatoms. The first kappa shape index (κ1) is 27.6. The molecule has 0 radical (unpaired) electrons. The van der Waals surface area contributed by atoms with Crippen molar-refractivity contribution in [3.8, 4) is 5.75 Å². The van der Waals surface area contributed by atoms with Crippen molar-refractivity contribution in [3.63, 3.8) is 0 Å². The third-order valence-corrected chi connectivity index (χ3v) is 7.56. The van der Waals surface area contributed by atoms with Gasteiger partial charge in [0.2, 0.25) is 17.5 Å². The SMILES string of the molecule is O=C(O)C[C@H](NC(=O)C1CCN(C(=O)O[C@@H]2C[C@H]3CC[C@@H]2C3)CC1)C(=O)COc1c(F)c(F)cc(F)c1F. The van der Waals surface area contributed by atoms with E-state index < -0.39 is 77.8 Å². The van der Waals surface area contributed by atoms with E-state index in [0.29, 0.717) is 11.8 Å². The highest BCUT2D eigenvalue weighted by Gasteiger charge is 2.42. The largest absolute Gasteiger partial charge is 0.481 e. The Morgan fingerprint density at radius 1 is 1.00 bits per heavy atom. The Morgan fingerprint density at radius 2 is 1.66 bits per heavy atom. The molecule has 2 bridgehead atoms. The quantitative estimate of drug-likeness (QED) is 0.362. The summed E-state index contributed by atoms with van der Waals surface area (Å²) < 4.78 is 64.6. The lowest BCUT2D eigenvalue weighted by molar-refractivity contribution is -0.141. The van der Waals surface area contributed by atoms with Crippen LogP contribution in [0.2, 0.25) is 0 Å². The zero-order valence-electron chi connectivity index (χ0n) is 20.4. The minimum atomic E-state index is -1.86. The second kappa shape index (κ2) is 11.6. The highest BCUT2D eigenvalue weighted by Crippen LogP contribution is 2.46. The summed E-state index contributed by atoms with van der Waals surface area (Å²) in [4.78, 5) is 50.6. The molecule has 1 aromatic carbocycles. The van der Waals surface area contributed by atoms with Crippen LogP contribution in [-0.2, 0) is 19.1 Å². The van der Waals surface area contributed by atoms with Crippen LogP contribution in [0.15, 0.2) is 6.07 Å². The molecule has 1 heterocycles. The van der Waals surface area contributed by atoms with E-state index in [-0.39, 0.29) is 38.1 Å². The Labute approximate surface area is 215 Å². The highest BCUT2D eigenvalue weighted by atomic mass is 19.2. The molecule has 208 valence electrons. The number of ether oxygens (including phenoxy) is 2. The molecule has 2 amide bonds. The lowest BCUT2D eigenvalue weighted by atomic mass is 9.95. The Kier molecular flexibility index (Phi) is 8.41. The number of hydrogen-bond acceptors (Lipinski definition) is 6. The van der Waals surface area contributed by atoms with E-state index in [4.69, 9.17) is 9.84 Å². The van der Waals surface area contributed by atoms with Crippen molar-refractivity contribution < 1.29 is 51.3 Å². The Hall–Kier alpha value is -3.38. The molecule has 0 spiro atoms. The average Bonchev–Trinajstić information content (AvgIpc) is 3.50. The highest BCUT2D eigenvalue weighted by molar-refractivity contribution is 5.93. The zero-order valence-corrected chi connectivity index (χ0v) is 20.4. The van der Waals surface area contributed by atoms with Gasteiger partial charge in [0.05, 0.1) is 6.42 Å². The predicted octanol–water partition coefficient (Wildman–Crippen LogP) is 3.19. The van der Waals surface area contributed by atoms with E-state index >= 15 is 0 Å². The van der Waals surface area contributed by atoms with Gasteiger partial charge in [-0.15, -0.1) is 0 Å². The number of amides is 2. The van der Waals surface area contributed by atoms with Crippen molar-refractivity contribution in [1.82, 2.24) is 10.2 Å². The number of rotatable bonds is 9. The summed E-state index contributed by atoms with van der Waals surface area (Å²) in [6, 6.07) is -1.65. The molecule has 38 heavy (non-hydrogen) atoms. The van der Waals surface area contributed by atoms with Crippen LogP contribution in [0.25, 0.3) is 0 Å². The van der Waals surface area contributed by atoms with E-state index in [1.54, 1.807) is 0 Å². The van der Waals surface area contributed by atoms with E-state index in [1.165, 1.54) is 11.3 Å². The van der Waals surface area contributed by atoms with E-state index in [2.05, 4.69) is 10.1 Å². The molecule has 4 atom stereocenters. The van der Waals surface area contributed by atoms with Gasteiger partial charge in [-0.25, -0.2) is 13.6 Å². The number of piperidine rings is 1. The average molecular weight is 544 g/mol. The Balaban J connectivity index is 1.29. The summed E-state index contributed by atoms with van der Waals surface area (Å²) in [5, 5.41) is 11.4. The van der Waals surface area contributed by atoms with E-state index in [9.17, 15) is 36.7 Å². The molecular weight excluding hydrogens is 516 g/mol. The Bertz CT molecular complexity index is 1080. The maximum atomic E-state index is 13.8. The topological polar surface area (TPSA) is 122 Å². The number of carboxylic acid groups (broad SMARTS) is 1. The third kappa shape index (κ3) is 6.18. The molecule has 2 N–H and O–H groups in total. The van der Waals surface area contributed by atoms with Gasteiger partial charge in [-0.05, 0) is 50.4 Å². The molecule has 0 aromatic heterocycles. The number of ketones is 1. The predicted molar refractivity (Wildman–Crippen MR) is 121 cm³/mol. The first-order valence-electron chi connectivity index (χ1n) is 12.5. The maximum absolute atomic E-state index is 13.8. The number of carbonyl (C=O) groups excluding carboxylic acids is 3. The fourth-order valence-electron chi connectivity index (χ4n) is 5.49. The van der Waals surface area contributed by atoms with Gasteiger partial charge in [-0.3, -0.25) is 14.4 Å². The lowest BCUT2D eigenvalue weighted by Crippen LogP contribution is -2.49. The molecule has 2 aliphatic carbocycles. The number of hydrogen-bond donors (Lipinski definition) is 2. The first-order valence-corrected chi connectivity index (χ1v) is 12.5. The van der Waals surface area contributed by atoms with Crippen molar-refractivity contribution in [2.45, 2.75) is 57.1 Å². The number of benzene rings is 1. The van der Waals surface area contributed by atoms with Gasteiger partial charge in [-0.1, -0.05) is 0 Å². The number of aliphatic carboxylic acids is 1. The van der Waals surface area contributed by atoms with Crippen LogP contribution in [0.5, 0.6) is 5.75 Å². The van der Waals surface area contributed by atoms with E-state index in [1.807, 2.05) is 0 Å². The van der Waals surface area contributed by atoms with Gasteiger partial charge in [-0.2, -0.15) is 8.78 Å². The molecule has 4 rings (SSSR count). The van der Waals surface area contributed by atoms with Crippen LogP contribution < -0.4 is 10.1 Å². The van der Waals surface area contributed by atoms with Crippen LogP contribution >= 0.6 is 0 Å². The fraction of sp³-hybridized carbons (Fsp3) is 0.600. The van der Waals surface area contributed by atoms with Gasteiger partial charge >= 0.3 is 12.1 Å². The van der Waals surface area contributed by atoms with Crippen LogP contribution in [0.3, 0.4) is 0 Å². The second-order valence-corrected chi connectivity index (χ2v) is 10.1. The van der Waals surface area contributed by atoms with Gasteiger partial charge in [0.1, 0.15) is 18.8 Å². The van der Waals surface area contributed by atoms with E-state index in [0.717, 1.165) is 19.3 Å². The molecular formula is C25H28F4N2O7. The van der Waals surface area contributed by atoms with Gasteiger partial charge in [0.15, 0.2) is 23.2 Å². The van der Waals surface area contributed by atoms with Crippen LogP contribution in [-0.4, -0.2) is 65.6 Å². The molecule has 1 aliphatic heterocycles. The fourth-order valence-corrected chi connectivity index (χ4v) is 5.49. The minimum absolute atomic E-state index is 0.0316. The van der Waals surface area contributed by atoms with Gasteiger partial charge in [0, 0.05) is 25.1 Å².